The van der Waals surface area contributed by atoms with E-state index in [4.69, 9.17) is 21.1 Å². The number of hydrogen-bond acceptors (Lipinski definition) is 2. The molecule has 0 saturated heterocycles. The van der Waals surface area contributed by atoms with Gasteiger partial charge in [-0.1, -0.05) is 23.7 Å². The van der Waals surface area contributed by atoms with Crippen LogP contribution in [0.15, 0.2) is 41.2 Å². The number of carboxylic acids is 1. The minimum Gasteiger partial charge on any atom is -0.478 e. The van der Waals surface area contributed by atoms with Crippen LogP contribution in [0, 0.1) is 0 Å². The summed E-state index contributed by atoms with van der Waals surface area (Å²) < 4.78 is 4.88. The van der Waals surface area contributed by atoms with Crippen LogP contribution in [0.1, 0.15) is 10.4 Å². The maximum absolute atomic E-state index is 10.8. The third-order valence-corrected chi connectivity index (χ3v) is 2.26. The number of furan rings is 1. The molecule has 2 aromatic rings. The molecule has 4 heteroatoms. The van der Waals surface area contributed by atoms with Crippen molar-refractivity contribution < 1.29 is 14.3 Å². The molecule has 0 bridgehead atoms. The molecule has 15 heavy (non-hydrogen) atoms. The lowest BCUT2D eigenvalue weighted by atomic mass is 10.1. The summed E-state index contributed by atoms with van der Waals surface area (Å²) in [7, 11) is 0. The van der Waals surface area contributed by atoms with Gasteiger partial charge in [-0.15, -0.1) is 0 Å². The van der Waals surface area contributed by atoms with Gasteiger partial charge in [-0.3, -0.25) is 0 Å². The Kier molecular flexibility index (Phi) is 2.47. The molecule has 1 aromatic heterocycles. The van der Waals surface area contributed by atoms with Crippen LogP contribution in [0.3, 0.4) is 0 Å². The molecular weight excluding hydrogens is 216 g/mol. The average molecular weight is 223 g/mol. The first kappa shape index (κ1) is 9.80. The molecule has 0 aliphatic carbocycles. The van der Waals surface area contributed by atoms with E-state index in [0.29, 0.717) is 10.6 Å². The van der Waals surface area contributed by atoms with E-state index in [0.717, 1.165) is 5.56 Å². The maximum Gasteiger partial charge on any atom is 0.339 e. The van der Waals surface area contributed by atoms with E-state index in [9.17, 15) is 4.79 Å². The average Bonchev–Trinajstić information content (AvgIpc) is 2.65. The van der Waals surface area contributed by atoms with E-state index >= 15 is 0 Å². The summed E-state index contributed by atoms with van der Waals surface area (Å²) in [4.78, 5) is 10.8. The lowest BCUT2D eigenvalue weighted by Gasteiger charge is -1.99. The standard InChI is InChI=1S/C11H7ClO3/c12-8-3-1-2-7(4-8)9-5-15-6-10(9)11(13)14/h1-6H,(H,13,14). The molecule has 0 fully saturated rings. The minimum atomic E-state index is -1.02. The lowest BCUT2D eigenvalue weighted by molar-refractivity contribution is 0.0697. The molecule has 3 nitrogen and oxygen atoms in total. The second kappa shape index (κ2) is 3.79. The van der Waals surface area contributed by atoms with Crippen LogP contribution in [-0.2, 0) is 0 Å². The molecule has 0 aliphatic heterocycles. The summed E-state index contributed by atoms with van der Waals surface area (Å²) >= 11 is 5.82. The molecule has 0 unspecified atom stereocenters. The van der Waals surface area contributed by atoms with Crippen LogP contribution in [0.4, 0.5) is 0 Å². The normalized spacial score (nSPS) is 10.2. The highest BCUT2D eigenvalue weighted by atomic mass is 35.5. The monoisotopic (exact) mass is 222 g/mol. The van der Waals surface area contributed by atoms with Crippen molar-refractivity contribution in [1.29, 1.82) is 0 Å². The Morgan fingerprint density at radius 1 is 1.33 bits per heavy atom. The van der Waals surface area contributed by atoms with E-state index in [-0.39, 0.29) is 5.56 Å². The van der Waals surface area contributed by atoms with Gasteiger partial charge in [0, 0.05) is 10.6 Å². The van der Waals surface area contributed by atoms with Gasteiger partial charge < -0.3 is 9.52 Å². The van der Waals surface area contributed by atoms with Crippen LogP contribution in [0.25, 0.3) is 11.1 Å². The van der Waals surface area contributed by atoms with Crippen molar-refractivity contribution >= 4 is 17.6 Å². The van der Waals surface area contributed by atoms with Crippen LogP contribution < -0.4 is 0 Å². The van der Waals surface area contributed by atoms with Crippen LogP contribution in [-0.4, -0.2) is 11.1 Å². The number of carbonyl (C=O) groups is 1. The Labute approximate surface area is 90.9 Å². The Morgan fingerprint density at radius 2 is 2.13 bits per heavy atom. The van der Waals surface area contributed by atoms with Crippen molar-refractivity contribution in [3.63, 3.8) is 0 Å². The Morgan fingerprint density at radius 3 is 2.80 bits per heavy atom. The van der Waals surface area contributed by atoms with Gasteiger partial charge >= 0.3 is 5.97 Å². The first-order valence-corrected chi connectivity index (χ1v) is 4.61. The minimum absolute atomic E-state index is 0.136. The lowest BCUT2D eigenvalue weighted by Crippen LogP contribution is -1.95. The van der Waals surface area contributed by atoms with Crippen LogP contribution >= 0.6 is 11.6 Å². The molecule has 0 spiro atoms. The number of hydrogen-bond donors (Lipinski definition) is 1. The number of carboxylic acid groups (broad SMARTS) is 1. The summed E-state index contributed by atoms with van der Waals surface area (Å²) in [5, 5.41) is 9.45. The molecule has 0 radical (unpaired) electrons. The molecule has 0 atom stereocenters. The number of aromatic carboxylic acids is 1. The molecule has 1 N–H and O–H groups in total. The van der Waals surface area contributed by atoms with Crippen molar-refractivity contribution in [1.82, 2.24) is 0 Å². The smallest absolute Gasteiger partial charge is 0.339 e. The highest BCUT2D eigenvalue weighted by molar-refractivity contribution is 6.30. The van der Waals surface area contributed by atoms with Gasteiger partial charge in [0.05, 0.1) is 6.26 Å². The predicted octanol–water partition coefficient (Wildman–Crippen LogP) is 3.30. The number of rotatable bonds is 2. The molecule has 0 aliphatic rings. The van der Waals surface area contributed by atoms with Crippen LogP contribution in [0.5, 0.6) is 0 Å². The summed E-state index contributed by atoms with van der Waals surface area (Å²) in [6.45, 7) is 0. The van der Waals surface area contributed by atoms with E-state index < -0.39 is 5.97 Å². The first-order chi connectivity index (χ1) is 7.18. The van der Waals surface area contributed by atoms with Gasteiger partial charge in [-0.05, 0) is 17.7 Å². The zero-order valence-electron chi connectivity index (χ0n) is 7.61. The van der Waals surface area contributed by atoms with Crippen LogP contribution in [0.2, 0.25) is 5.02 Å². The molecule has 0 amide bonds. The van der Waals surface area contributed by atoms with Crippen molar-refractivity contribution in [2.24, 2.45) is 0 Å². The number of benzene rings is 1. The quantitative estimate of drug-likeness (QED) is 0.848. The van der Waals surface area contributed by atoms with Crippen molar-refractivity contribution in [2.45, 2.75) is 0 Å². The summed E-state index contributed by atoms with van der Waals surface area (Å²) in [5.74, 6) is -1.02. The zero-order chi connectivity index (χ0) is 10.8. The second-order valence-electron chi connectivity index (χ2n) is 3.01. The Bertz CT molecular complexity index is 502. The fourth-order valence-corrected chi connectivity index (χ4v) is 1.53. The van der Waals surface area contributed by atoms with Gasteiger partial charge in [0.2, 0.25) is 0 Å². The van der Waals surface area contributed by atoms with Gasteiger partial charge in [0.1, 0.15) is 11.8 Å². The van der Waals surface area contributed by atoms with Gasteiger partial charge in [-0.2, -0.15) is 0 Å². The van der Waals surface area contributed by atoms with Gasteiger partial charge in [0.15, 0.2) is 0 Å². The van der Waals surface area contributed by atoms with E-state index in [1.54, 1.807) is 24.3 Å². The third kappa shape index (κ3) is 1.87. The Hall–Kier alpha value is -1.74. The highest BCUT2D eigenvalue weighted by Crippen LogP contribution is 2.26. The van der Waals surface area contributed by atoms with Crippen molar-refractivity contribution in [2.75, 3.05) is 0 Å². The summed E-state index contributed by atoms with van der Waals surface area (Å²) in [5.41, 5.74) is 1.40. The largest absolute Gasteiger partial charge is 0.478 e. The van der Waals surface area contributed by atoms with E-state index in [1.807, 2.05) is 0 Å². The number of halogens is 1. The third-order valence-electron chi connectivity index (χ3n) is 2.03. The Balaban J connectivity index is 2.54. The fraction of sp³-hybridized carbons (Fsp3) is 0. The molecule has 76 valence electrons. The molecule has 1 aromatic carbocycles. The SMILES string of the molecule is O=C(O)c1cocc1-c1cccc(Cl)c1. The molecule has 0 saturated carbocycles. The predicted molar refractivity (Wildman–Crippen MR) is 56.1 cm³/mol. The van der Waals surface area contributed by atoms with Crippen molar-refractivity contribution in [3.8, 4) is 11.1 Å². The fourth-order valence-electron chi connectivity index (χ4n) is 1.34. The van der Waals surface area contributed by atoms with Gasteiger partial charge in [0.25, 0.3) is 0 Å². The summed E-state index contributed by atoms with van der Waals surface area (Å²) in [6, 6.07) is 6.96. The van der Waals surface area contributed by atoms with E-state index in [1.165, 1.54) is 12.5 Å². The second-order valence-corrected chi connectivity index (χ2v) is 3.45. The van der Waals surface area contributed by atoms with Crippen molar-refractivity contribution in [3.05, 3.63) is 47.4 Å². The topological polar surface area (TPSA) is 50.4 Å². The maximum atomic E-state index is 10.8. The zero-order valence-corrected chi connectivity index (χ0v) is 8.36. The molecular formula is C11H7ClO3. The van der Waals surface area contributed by atoms with E-state index in [2.05, 4.69) is 0 Å². The van der Waals surface area contributed by atoms with Gasteiger partial charge in [-0.25, -0.2) is 4.79 Å². The highest BCUT2D eigenvalue weighted by Gasteiger charge is 2.13. The first-order valence-electron chi connectivity index (χ1n) is 4.24. The molecule has 1 heterocycles. The molecule has 2 rings (SSSR count). The summed E-state index contributed by atoms with van der Waals surface area (Å²) in [6.07, 6.45) is 2.60.